The molecule has 0 saturated carbocycles. The molecule has 6 aromatic rings. The zero-order valence-electron chi connectivity index (χ0n) is 21.5. The number of hydrogen-bond acceptors (Lipinski definition) is 9. The molecule has 6 rings (SSSR count). The van der Waals surface area contributed by atoms with Crippen molar-refractivity contribution in [3.63, 3.8) is 0 Å². The lowest BCUT2D eigenvalue weighted by Crippen LogP contribution is -2.14. The summed E-state index contributed by atoms with van der Waals surface area (Å²) in [5.74, 6) is -0.801. The minimum absolute atomic E-state index is 0.0673. The maximum absolute atomic E-state index is 13.2. The highest BCUT2D eigenvalue weighted by atomic mass is 32.2. The Kier molecular flexibility index (Phi) is 7.37. The molecule has 0 aliphatic carbocycles. The molecule has 2 amide bonds. The fourth-order valence-electron chi connectivity index (χ4n) is 4.17. The normalized spacial score (nSPS) is 10.8. The second kappa shape index (κ2) is 11.6. The molecule has 4 N–H and O–H groups in total. The van der Waals surface area contributed by atoms with Crippen LogP contribution in [0.3, 0.4) is 0 Å². The number of rotatable bonds is 8. The van der Waals surface area contributed by atoms with Gasteiger partial charge in [0.05, 0.1) is 28.5 Å². The first-order chi connectivity index (χ1) is 20.5. The lowest BCUT2D eigenvalue weighted by Gasteiger charge is -2.09. The molecule has 3 aromatic heterocycles. The van der Waals surface area contributed by atoms with Crippen molar-refractivity contribution in [1.82, 2.24) is 20.1 Å². The van der Waals surface area contributed by atoms with Gasteiger partial charge in [0, 0.05) is 22.1 Å². The van der Waals surface area contributed by atoms with Gasteiger partial charge in [0.15, 0.2) is 10.2 Å². The SMILES string of the molecule is N#Cc1ccc(NC(=O)c2cc3cccc(NC(=O)c4csc(SCc5ccccc5)n4)c3[nH]2)c(-c2noc(=O)[nH]2)c1. The van der Waals surface area contributed by atoms with Gasteiger partial charge >= 0.3 is 5.76 Å². The number of nitrogens with one attached hydrogen (secondary N) is 4. The van der Waals surface area contributed by atoms with Crippen LogP contribution in [0.15, 0.2) is 91.8 Å². The molecule has 0 saturated heterocycles. The fraction of sp³-hybridized carbons (Fsp3) is 0.0345. The number of amides is 2. The molecule has 0 aliphatic heterocycles. The Morgan fingerprint density at radius 3 is 2.60 bits per heavy atom. The highest BCUT2D eigenvalue weighted by molar-refractivity contribution is 8.00. The number of aromatic nitrogens is 4. The molecule has 13 heteroatoms. The van der Waals surface area contributed by atoms with Gasteiger partial charge in [0.25, 0.3) is 11.8 Å². The number of carbonyl (C=O) groups is 2. The van der Waals surface area contributed by atoms with E-state index in [2.05, 4.69) is 35.3 Å². The molecule has 42 heavy (non-hydrogen) atoms. The number of anilines is 2. The minimum Gasteiger partial charge on any atom is -0.349 e. The number of fused-ring (bicyclic) bond motifs is 1. The Labute approximate surface area is 245 Å². The second-order valence-electron chi connectivity index (χ2n) is 8.95. The molecule has 0 atom stereocenters. The summed E-state index contributed by atoms with van der Waals surface area (Å²) >= 11 is 2.97. The number of benzene rings is 3. The van der Waals surface area contributed by atoms with Crippen LogP contribution in [0.2, 0.25) is 0 Å². The molecule has 3 heterocycles. The molecule has 0 unspecified atom stereocenters. The summed E-state index contributed by atoms with van der Waals surface area (Å²) in [7, 11) is 0. The molecule has 206 valence electrons. The van der Waals surface area contributed by atoms with Crippen LogP contribution < -0.4 is 16.4 Å². The van der Waals surface area contributed by atoms with E-state index in [1.54, 1.807) is 35.3 Å². The lowest BCUT2D eigenvalue weighted by molar-refractivity contribution is 0.101. The number of thioether (sulfide) groups is 1. The smallest absolute Gasteiger partial charge is 0.349 e. The van der Waals surface area contributed by atoms with Crippen LogP contribution in [-0.4, -0.2) is 31.9 Å². The number of H-pyrrole nitrogens is 2. The predicted molar refractivity (Wildman–Crippen MR) is 160 cm³/mol. The van der Waals surface area contributed by atoms with Crippen molar-refractivity contribution in [3.05, 3.63) is 111 Å². The third-order valence-electron chi connectivity index (χ3n) is 6.16. The summed E-state index contributed by atoms with van der Waals surface area (Å²) in [4.78, 5) is 47.7. The van der Waals surface area contributed by atoms with Crippen molar-refractivity contribution < 1.29 is 14.1 Å². The molecule has 0 radical (unpaired) electrons. The summed E-state index contributed by atoms with van der Waals surface area (Å²) < 4.78 is 5.37. The van der Waals surface area contributed by atoms with Crippen molar-refractivity contribution in [2.75, 3.05) is 10.6 Å². The van der Waals surface area contributed by atoms with Crippen molar-refractivity contribution in [3.8, 4) is 17.5 Å². The number of para-hydroxylation sites is 1. The average molecular weight is 594 g/mol. The largest absolute Gasteiger partial charge is 0.439 e. The van der Waals surface area contributed by atoms with E-state index >= 15 is 0 Å². The number of aromatic amines is 2. The minimum atomic E-state index is -0.769. The van der Waals surface area contributed by atoms with Crippen molar-refractivity contribution in [2.24, 2.45) is 0 Å². The van der Waals surface area contributed by atoms with Crippen LogP contribution >= 0.6 is 23.1 Å². The van der Waals surface area contributed by atoms with Gasteiger partial charge < -0.3 is 15.6 Å². The maximum Gasteiger partial charge on any atom is 0.439 e. The molecule has 11 nitrogen and oxygen atoms in total. The fourth-order valence-corrected chi connectivity index (χ4v) is 5.93. The maximum atomic E-state index is 13.2. The van der Waals surface area contributed by atoms with Crippen LogP contribution in [0.1, 0.15) is 32.1 Å². The topological polar surface area (TPSA) is 170 Å². The molecule has 3 aromatic carbocycles. The zero-order valence-corrected chi connectivity index (χ0v) is 23.1. The van der Waals surface area contributed by atoms with Gasteiger partial charge in [-0.15, -0.1) is 11.3 Å². The average Bonchev–Trinajstić information content (AvgIpc) is 3.77. The lowest BCUT2D eigenvalue weighted by atomic mass is 10.1. The number of thiazole rings is 1. The summed E-state index contributed by atoms with van der Waals surface area (Å²) in [5, 5.41) is 21.0. The molecular weight excluding hydrogens is 574 g/mol. The van der Waals surface area contributed by atoms with Gasteiger partial charge in [0.1, 0.15) is 11.4 Å². The van der Waals surface area contributed by atoms with Gasteiger partial charge in [-0.25, -0.2) is 9.78 Å². The van der Waals surface area contributed by atoms with Crippen molar-refractivity contribution in [1.29, 1.82) is 5.26 Å². The van der Waals surface area contributed by atoms with E-state index in [0.717, 1.165) is 10.1 Å². The number of hydrogen-bond donors (Lipinski definition) is 4. The molecule has 0 fully saturated rings. The Hall–Kier alpha value is -5.45. The number of carbonyl (C=O) groups excluding carboxylic acids is 2. The van der Waals surface area contributed by atoms with Gasteiger partial charge in [-0.2, -0.15) is 5.26 Å². The summed E-state index contributed by atoms with van der Waals surface area (Å²) in [6.07, 6.45) is 0. The Morgan fingerprint density at radius 1 is 0.976 bits per heavy atom. The van der Waals surface area contributed by atoms with Crippen LogP contribution in [0.25, 0.3) is 22.3 Å². The van der Waals surface area contributed by atoms with Crippen molar-refractivity contribution >= 4 is 57.2 Å². The van der Waals surface area contributed by atoms with Gasteiger partial charge in [-0.1, -0.05) is 59.4 Å². The standard InChI is InChI=1S/C29H19N7O4S2/c30-13-17-9-10-20(19(11-17)25-35-28(39)40-36-25)32-26(37)22-12-18-7-4-8-21(24(18)31-22)33-27(38)23-15-42-29(34-23)41-14-16-5-2-1-3-6-16/h1-12,15,31H,14H2,(H,32,37)(H,33,38)(H,35,36,39). The third kappa shape index (κ3) is 5.71. The van der Waals surface area contributed by atoms with E-state index in [4.69, 9.17) is 0 Å². The van der Waals surface area contributed by atoms with Crippen LogP contribution in [0, 0.1) is 11.3 Å². The predicted octanol–water partition coefficient (Wildman–Crippen LogP) is 5.64. The molecule has 0 spiro atoms. The molecule has 0 aliphatic rings. The van der Waals surface area contributed by atoms with Gasteiger partial charge in [-0.05, 0) is 35.9 Å². The van der Waals surface area contributed by atoms with Gasteiger partial charge in [0.2, 0.25) is 0 Å². The van der Waals surface area contributed by atoms with E-state index in [1.807, 2.05) is 42.5 Å². The van der Waals surface area contributed by atoms with E-state index in [0.29, 0.717) is 39.1 Å². The zero-order chi connectivity index (χ0) is 29.1. The van der Waals surface area contributed by atoms with Crippen LogP contribution in [-0.2, 0) is 5.75 Å². The summed E-state index contributed by atoms with van der Waals surface area (Å²) in [5.41, 5.74) is 3.67. The van der Waals surface area contributed by atoms with E-state index in [9.17, 15) is 19.6 Å². The number of nitrogens with zero attached hydrogens (tertiary/aromatic N) is 3. The second-order valence-corrected chi connectivity index (χ2v) is 11.0. The summed E-state index contributed by atoms with van der Waals surface area (Å²) in [6, 6.07) is 23.6. The Bertz CT molecular complexity index is 2040. The highest BCUT2D eigenvalue weighted by Crippen LogP contribution is 2.30. The molecule has 0 bridgehead atoms. The quantitative estimate of drug-likeness (QED) is 0.164. The van der Waals surface area contributed by atoms with Crippen LogP contribution in [0.5, 0.6) is 0 Å². The van der Waals surface area contributed by atoms with E-state index in [-0.39, 0.29) is 17.4 Å². The summed E-state index contributed by atoms with van der Waals surface area (Å²) in [6.45, 7) is 0. The molecular formula is C29H19N7O4S2. The third-order valence-corrected chi connectivity index (χ3v) is 8.25. The monoisotopic (exact) mass is 593 g/mol. The van der Waals surface area contributed by atoms with Crippen molar-refractivity contribution in [2.45, 2.75) is 10.1 Å². The van der Waals surface area contributed by atoms with Crippen LogP contribution in [0.4, 0.5) is 11.4 Å². The van der Waals surface area contributed by atoms with E-state index < -0.39 is 11.7 Å². The van der Waals surface area contributed by atoms with E-state index in [1.165, 1.54) is 35.1 Å². The Balaban J connectivity index is 1.19. The first-order valence-electron chi connectivity index (χ1n) is 12.4. The first kappa shape index (κ1) is 26.8. The van der Waals surface area contributed by atoms with Gasteiger partial charge in [-0.3, -0.25) is 19.1 Å². The Morgan fingerprint density at radius 2 is 1.81 bits per heavy atom. The number of nitriles is 1. The first-order valence-corrected chi connectivity index (χ1v) is 14.3. The highest BCUT2D eigenvalue weighted by Gasteiger charge is 2.18.